The third-order valence-electron chi connectivity index (χ3n) is 5.20. The lowest BCUT2D eigenvalue weighted by atomic mass is 9.99. The molecule has 1 fully saturated rings. The molecule has 0 spiro atoms. The van der Waals surface area contributed by atoms with Crippen LogP contribution in [-0.4, -0.2) is 42.5 Å². The maximum Gasteiger partial charge on any atom is 0.265 e. The molecule has 1 saturated heterocycles. The van der Waals surface area contributed by atoms with Gasteiger partial charge in [0.25, 0.3) is 5.91 Å². The average molecular weight is 537 g/mol. The molecule has 1 aliphatic rings. The molecule has 1 amide bonds. The van der Waals surface area contributed by atoms with Gasteiger partial charge in [-0.25, -0.2) is 0 Å². The van der Waals surface area contributed by atoms with Gasteiger partial charge < -0.3 is 14.2 Å². The Bertz CT molecular complexity index is 1020. The molecule has 0 aromatic heterocycles. The minimum Gasteiger partial charge on any atom is -0.493 e. The van der Waals surface area contributed by atoms with Gasteiger partial charge in [0.15, 0.2) is 11.5 Å². The smallest absolute Gasteiger partial charge is 0.265 e. The van der Waals surface area contributed by atoms with Crippen LogP contribution in [0.5, 0.6) is 17.2 Å². The molecule has 1 aliphatic heterocycles. The molecule has 1 unspecified atom stereocenters. The van der Waals surface area contributed by atoms with E-state index in [1.807, 2.05) is 24.3 Å². The molecule has 5 nitrogen and oxygen atoms in total. The fourth-order valence-electron chi connectivity index (χ4n) is 3.09. The molecular weight excluding hydrogens is 510 g/mol. The van der Waals surface area contributed by atoms with Crippen molar-refractivity contribution in [3.63, 3.8) is 0 Å². The number of halogens is 1. The Morgan fingerprint density at radius 3 is 2.47 bits per heavy atom. The summed E-state index contributed by atoms with van der Waals surface area (Å²) >= 11 is 10.0. The second-order valence-corrected chi connectivity index (χ2v) is 9.88. The molecule has 0 aliphatic carbocycles. The monoisotopic (exact) mass is 535 g/mol. The highest BCUT2D eigenvalue weighted by Crippen LogP contribution is 2.39. The van der Waals surface area contributed by atoms with Gasteiger partial charge in [-0.3, -0.25) is 9.69 Å². The normalized spacial score (nSPS) is 15.9. The zero-order valence-corrected chi connectivity index (χ0v) is 21.7. The maximum absolute atomic E-state index is 12.3. The van der Waals surface area contributed by atoms with E-state index in [9.17, 15) is 4.79 Å². The molecule has 32 heavy (non-hydrogen) atoms. The lowest BCUT2D eigenvalue weighted by Crippen LogP contribution is -2.22. The number of thioether (sulfide) groups is 1. The van der Waals surface area contributed by atoms with Crippen molar-refractivity contribution in [1.29, 1.82) is 0 Å². The van der Waals surface area contributed by atoms with Crippen molar-refractivity contribution >= 4 is 56.2 Å². The number of benzene rings is 2. The summed E-state index contributed by atoms with van der Waals surface area (Å²) in [5, 5.41) is 0. The highest BCUT2D eigenvalue weighted by molar-refractivity contribution is 9.10. The van der Waals surface area contributed by atoms with E-state index in [4.69, 9.17) is 26.4 Å². The predicted octanol–water partition coefficient (Wildman–Crippen LogP) is 6.26. The van der Waals surface area contributed by atoms with E-state index in [0.717, 1.165) is 22.2 Å². The summed E-state index contributed by atoms with van der Waals surface area (Å²) in [5.41, 5.74) is 2.12. The van der Waals surface area contributed by atoms with Crippen molar-refractivity contribution in [1.82, 2.24) is 4.90 Å². The van der Waals surface area contributed by atoms with Crippen molar-refractivity contribution in [3.8, 4) is 17.2 Å². The molecule has 0 saturated carbocycles. The number of carbonyl (C=O) groups excluding carboxylic acids is 1. The fourth-order valence-corrected chi connectivity index (χ4v) is 4.85. The summed E-state index contributed by atoms with van der Waals surface area (Å²) in [4.78, 5) is 14.3. The summed E-state index contributed by atoms with van der Waals surface area (Å²) in [7, 11) is 3.26. The highest BCUT2D eigenvalue weighted by atomic mass is 79.9. The average Bonchev–Trinajstić information content (AvgIpc) is 3.03. The van der Waals surface area contributed by atoms with Gasteiger partial charge in [0.2, 0.25) is 0 Å². The molecule has 0 radical (unpaired) electrons. The number of hydrogen-bond donors (Lipinski definition) is 0. The number of ether oxygens (including phenoxy) is 3. The fraction of sp³-hybridized carbons (Fsp3) is 0.333. The Labute approximate surface area is 207 Å². The number of carbonyl (C=O) groups is 1. The molecule has 0 N–H and O–H groups in total. The van der Waals surface area contributed by atoms with Crippen LogP contribution in [0, 0.1) is 0 Å². The van der Waals surface area contributed by atoms with Crippen molar-refractivity contribution in [3.05, 3.63) is 56.9 Å². The summed E-state index contributed by atoms with van der Waals surface area (Å²) in [6.07, 6.45) is 2.91. The van der Waals surface area contributed by atoms with Gasteiger partial charge in [0, 0.05) is 7.05 Å². The van der Waals surface area contributed by atoms with Crippen LogP contribution in [0.15, 0.2) is 45.8 Å². The first kappa shape index (κ1) is 24.6. The SMILES string of the molecule is CCC(C)c1ccc(OCCOc2c(Br)cc(/C=C3\SC(=S)N(C)C3=O)cc2OC)cc1. The van der Waals surface area contributed by atoms with Gasteiger partial charge in [0.1, 0.15) is 23.3 Å². The first-order valence-corrected chi connectivity index (χ1v) is 12.3. The summed E-state index contributed by atoms with van der Waals surface area (Å²) < 4.78 is 18.5. The van der Waals surface area contributed by atoms with Crippen LogP contribution in [-0.2, 0) is 4.79 Å². The largest absolute Gasteiger partial charge is 0.493 e. The van der Waals surface area contributed by atoms with Crippen molar-refractivity contribution < 1.29 is 19.0 Å². The molecule has 170 valence electrons. The molecule has 8 heteroatoms. The van der Waals surface area contributed by atoms with E-state index in [-0.39, 0.29) is 5.91 Å². The van der Waals surface area contributed by atoms with E-state index in [2.05, 4.69) is 41.9 Å². The molecule has 1 heterocycles. The van der Waals surface area contributed by atoms with Crippen LogP contribution in [0.3, 0.4) is 0 Å². The quantitative estimate of drug-likeness (QED) is 0.214. The zero-order valence-electron chi connectivity index (χ0n) is 18.5. The number of methoxy groups -OCH3 is 1. The summed E-state index contributed by atoms with van der Waals surface area (Å²) in [5.74, 6) is 2.40. The minimum absolute atomic E-state index is 0.107. The van der Waals surface area contributed by atoms with Crippen LogP contribution in [0.4, 0.5) is 0 Å². The standard InChI is InChI=1S/C24H26BrNO4S2/c1-5-15(2)17-6-8-18(9-7-17)29-10-11-30-22-19(25)12-16(13-20(22)28-4)14-21-23(27)26(3)24(31)32-21/h6-9,12-15H,5,10-11H2,1-4H3/b21-14-. The van der Waals surface area contributed by atoms with Crippen LogP contribution in [0.1, 0.15) is 37.3 Å². The van der Waals surface area contributed by atoms with E-state index in [1.54, 1.807) is 20.2 Å². The van der Waals surface area contributed by atoms with Gasteiger partial charge in [-0.05, 0) is 69.7 Å². The Morgan fingerprint density at radius 1 is 1.19 bits per heavy atom. The van der Waals surface area contributed by atoms with E-state index >= 15 is 0 Å². The third-order valence-corrected chi connectivity index (χ3v) is 7.27. The topological polar surface area (TPSA) is 48.0 Å². The Balaban J connectivity index is 1.62. The summed E-state index contributed by atoms with van der Waals surface area (Å²) in [6.45, 7) is 5.16. The third kappa shape index (κ3) is 5.85. The maximum atomic E-state index is 12.3. The van der Waals surface area contributed by atoms with Gasteiger partial charge in [-0.15, -0.1) is 0 Å². The van der Waals surface area contributed by atoms with Crippen molar-refractivity contribution in [2.24, 2.45) is 0 Å². The van der Waals surface area contributed by atoms with Crippen molar-refractivity contribution in [2.75, 3.05) is 27.4 Å². The first-order chi connectivity index (χ1) is 15.3. The number of thiocarbonyl (C=S) groups is 1. The molecule has 0 bridgehead atoms. The number of nitrogens with zero attached hydrogens (tertiary/aromatic N) is 1. The van der Waals surface area contributed by atoms with Crippen LogP contribution in [0.25, 0.3) is 6.08 Å². The number of rotatable bonds is 9. The van der Waals surface area contributed by atoms with E-state index in [0.29, 0.717) is 39.9 Å². The van der Waals surface area contributed by atoms with Crippen LogP contribution < -0.4 is 14.2 Å². The van der Waals surface area contributed by atoms with Gasteiger partial charge in [0.05, 0.1) is 16.5 Å². The van der Waals surface area contributed by atoms with Crippen LogP contribution >= 0.6 is 39.9 Å². The van der Waals surface area contributed by atoms with Crippen LogP contribution in [0.2, 0.25) is 0 Å². The first-order valence-electron chi connectivity index (χ1n) is 10.3. The molecule has 2 aromatic rings. The van der Waals surface area contributed by atoms with Gasteiger partial charge in [-0.2, -0.15) is 0 Å². The Hall–Kier alpha value is -2.03. The minimum atomic E-state index is -0.107. The van der Waals surface area contributed by atoms with E-state index < -0.39 is 0 Å². The Morgan fingerprint density at radius 2 is 1.88 bits per heavy atom. The number of hydrogen-bond acceptors (Lipinski definition) is 6. The number of amides is 1. The summed E-state index contributed by atoms with van der Waals surface area (Å²) in [6, 6.07) is 11.9. The Kier molecular flexibility index (Phi) is 8.62. The van der Waals surface area contributed by atoms with Gasteiger partial charge >= 0.3 is 0 Å². The molecular formula is C24H26BrNO4S2. The highest BCUT2D eigenvalue weighted by Gasteiger charge is 2.28. The second-order valence-electron chi connectivity index (χ2n) is 7.35. The van der Waals surface area contributed by atoms with E-state index in [1.165, 1.54) is 22.2 Å². The number of likely N-dealkylation sites (N-methyl/N-ethyl adjacent to an activating group) is 1. The predicted molar refractivity (Wildman–Crippen MR) is 138 cm³/mol. The lowest BCUT2D eigenvalue weighted by molar-refractivity contribution is -0.121. The lowest BCUT2D eigenvalue weighted by Gasteiger charge is -2.14. The molecule has 3 rings (SSSR count). The molecule has 2 aromatic carbocycles. The second kappa shape index (κ2) is 11.2. The van der Waals surface area contributed by atoms with Crippen molar-refractivity contribution in [2.45, 2.75) is 26.2 Å². The van der Waals surface area contributed by atoms with Gasteiger partial charge in [-0.1, -0.05) is 50.0 Å². The molecule has 1 atom stereocenters. The zero-order chi connectivity index (χ0) is 23.3.